The second-order valence-electron chi connectivity index (χ2n) is 7.29. The van der Waals surface area contributed by atoms with Gasteiger partial charge in [0.2, 0.25) is 5.56 Å². The van der Waals surface area contributed by atoms with Crippen molar-refractivity contribution in [2.75, 3.05) is 13.1 Å². The summed E-state index contributed by atoms with van der Waals surface area (Å²) in [5, 5.41) is 7.58. The number of piperidine rings is 1. The highest BCUT2D eigenvalue weighted by molar-refractivity contribution is 7.07. The number of pyridine rings is 1. The molecule has 0 bridgehead atoms. The van der Waals surface area contributed by atoms with Crippen molar-refractivity contribution in [1.29, 1.82) is 0 Å². The van der Waals surface area contributed by atoms with Crippen molar-refractivity contribution in [3.05, 3.63) is 56.1 Å². The molecule has 1 saturated heterocycles. The Hall–Kier alpha value is -1.63. The van der Waals surface area contributed by atoms with Gasteiger partial charge in [-0.25, -0.2) is 0 Å². The smallest absolute Gasteiger partial charge is 0.256 e. The molecule has 2 N–H and O–H groups in total. The average molecular weight is 394 g/mol. The predicted octanol–water partition coefficient (Wildman–Crippen LogP) is 2.95. The molecule has 1 amide bonds. The van der Waals surface area contributed by atoms with E-state index in [2.05, 4.69) is 27.1 Å². The van der Waals surface area contributed by atoms with Crippen LogP contribution in [0.4, 0.5) is 0 Å². The lowest BCUT2D eigenvalue weighted by Crippen LogP contribution is -2.39. The van der Waals surface area contributed by atoms with E-state index in [-0.39, 0.29) is 29.3 Å². The molecule has 2 aliphatic rings. The average Bonchev–Trinajstić information content (AvgIpc) is 3.04. The van der Waals surface area contributed by atoms with Crippen molar-refractivity contribution < 1.29 is 4.79 Å². The molecule has 4 rings (SSSR count). The highest BCUT2D eigenvalue weighted by Crippen LogP contribution is 2.56. The number of nitrogens with zero attached hydrogens (tertiary/aromatic N) is 1. The Morgan fingerprint density at radius 1 is 1.38 bits per heavy atom. The van der Waals surface area contributed by atoms with Crippen LogP contribution < -0.4 is 10.9 Å². The van der Waals surface area contributed by atoms with Crippen molar-refractivity contribution >= 4 is 29.7 Å². The highest BCUT2D eigenvalue weighted by Gasteiger charge is 2.57. The maximum absolute atomic E-state index is 13.3. The highest BCUT2D eigenvalue weighted by atomic mass is 35.5. The summed E-state index contributed by atoms with van der Waals surface area (Å²) in [6, 6.07) is 3.89. The van der Waals surface area contributed by atoms with Crippen LogP contribution in [0, 0.1) is 12.3 Å². The molecule has 1 atom stereocenters. The van der Waals surface area contributed by atoms with E-state index in [0.29, 0.717) is 18.2 Å². The summed E-state index contributed by atoms with van der Waals surface area (Å²) in [6.07, 6.45) is 4.93. The first kappa shape index (κ1) is 19.1. The number of H-pyrrole nitrogens is 1. The Labute approximate surface area is 163 Å². The second-order valence-corrected chi connectivity index (χ2v) is 8.07. The zero-order valence-electron chi connectivity index (χ0n) is 14.8. The van der Waals surface area contributed by atoms with E-state index < -0.39 is 0 Å². The summed E-state index contributed by atoms with van der Waals surface area (Å²) in [7, 11) is 0. The van der Waals surface area contributed by atoms with E-state index in [1.165, 1.54) is 11.6 Å². The first-order valence-electron chi connectivity index (χ1n) is 8.81. The first-order chi connectivity index (χ1) is 12.1. The monoisotopic (exact) mass is 393 g/mol. The van der Waals surface area contributed by atoms with Crippen LogP contribution in [0.25, 0.3) is 0 Å². The van der Waals surface area contributed by atoms with E-state index in [0.717, 1.165) is 37.9 Å². The summed E-state index contributed by atoms with van der Waals surface area (Å²) < 4.78 is 0. The van der Waals surface area contributed by atoms with Gasteiger partial charge in [0.05, 0.1) is 5.56 Å². The van der Waals surface area contributed by atoms with Gasteiger partial charge >= 0.3 is 0 Å². The summed E-state index contributed by atoms with van der Waals surface area (Å²) in [4.78, 5) is 29.5. The topological polar surface area (TPSA) is 65.2 Å². The fourth-order valence-electron chi connectivity index (χ4n) is 4.09. The van der Waals surface area contributed by atoms with Crippen molar-refractivity contribution in [3.63, 3.8) is 0 Å². The molecule has 7 heteroatoms. The molecule has 26 heavy (non-hydrogen) atoms. The van der Waals surface area contributed by atoms with E-state index in [4.69, 9.17) is 0 Å². The van der Waals surface area contributed by atoms with Crippen LogP contribution in [-0.4, -0.2) is 34.9 Å². The van der Waals surface area contributed by atoms with Crippen LogP contribution in [0.3, 0.4) is 0 Å². The van der Waals surface area contributed by atoms with Crippen molar-refractivity contribution in [2.24, 2.45) is 5.41 Å². The van der Waals surface area contributed by atoms with Gasteiger partial charge in [0.15, 0.2) is 0 Å². The molecular formula is C19H24ClN3O2S. The fourth-order valence-corrected chi connectivity index (χ4v) is 4.75. The normalized spacial score (nSPS) is 20.4. The standard InChI is InChI=1S/C19H23N3O2S.ClH/c1-13-8-17(23)21-10-15(13)18(24)22(11-14-2-7-25-12-14)16-9-19(16)3-5-20-6-4-19;/h2,7-8,10,12,16,20H,3-6,9,11H2,1H3,(H,21,23);1H. The molecule has 3 heterocycles. The van der Waals surface area contributed by atoms with Crippen LogP contribution in [0.1, 0.15) is 40.7 Å². The lowest BCUT2D eigenvalue weighted by atomic mass is 9.93. The molecule has 2 aromatic heterocycles. The van der Waals surface area contributed by atoms with Crippen molar-refractivity contribution in [3.8, 4) is 0 Å². The number of hydrogen-bond donors (Lipinski definition) is 2. The van der Waals surface area contributed by atoms with Crippen LogP contribution in [0.2, 0.25) is 0 Å². The molecule has 140 valence electrons. The number of aromatic amines is 1. The fraction of sp³-hybridized carbons (Fsp3) is 0.474. The molecule has 1 unspecified atom stereocenters. The molecule has 1 aliphatic heterocycles. The summed E-state index contributed by atoms with van der Waals surface area (Å²) >= 11 is 1.66. The predicted molar refractivity (Wildman–Crippen MR) is 106 cm³/mol. The third-order valence-corrected chi connectivity index (χ3v) is 6.41. The van der Waals surface area contributed by atoms with E-state index in [1.54, 1.807) is 17.5 Å². The second kappa shape index (κ2) is 7.55. The molecule has 0 aromatic carbocycles. The number of thiophene rings is 1. The molecule has 1 spiro atoms. The maximum atomic E-state index is 13.3. The van der Waals surface area contributed by atoms with Gasteiger partial charge in [0.25, 0.3) is 5.91 Å². The van der Waals surface area contributed by atoms with E-state index in [9.17, 15) is 9.59 Å². The molecule has 1 saturated carbocycles. The van der Waals surface area contributed by atoms with Gasteiger partial charge in [0, 0.05) is 24.8 Å². The van der Waals surface area contributed by atoms with Gasteiger partial charge in [0.1, 0.15) is 0 Å². The zero-order chi connectivity index (χ0) is 17.4. The van der Waals surface area contributed by atoms with Gasteiger partial charge in [-0.3, -0.25) is 9.59 Å². The number of aromatic nitrogens is 1. The van der Waals surface area contributed by atoms with Gasteiger partial charge in [-0.05, 0) is 72.6 Å². The van der Waals surface area contributed by atoms with E-state index in [1.807, 2.05) is 11.8 Å². The Bertz CT molecular complexity index is 828. The van der Waals surface area contributed by atoms with Gasteiger partial charge in [-0.2, -0.15) is 11.3 Å². The molecule has 5 nitrogen and oxygen atoms in total. The number of rotatable bonds is 4. The molecule has 2 fully saturated rings. The largest absolute Gasteiger partial charge is 0.331 e. The van der Waals surface area contributed by atoms with E-state index >= 15 is 0 Å². The SMILES string of the molecule is Cc1cc(=O)[nH]cc1C(=O)N(Cc1ccsc1)C1CC12CCNCC2.Cl. The van der Waals surface area contributed by atoms with Gasteiger partial charge < -0.3 is 15.2 Å². The van der Waals surface area contributed by atoms with Crippen LogP contribution >= 0.6 is 23.7 Å². The van der Waals surface area contributed by atoms with Gasteiger partial charge in [-0.15, -0.1) is 12.4 Å². The van der Waals surface area contributed by atoms with Crippen molar-refractivity contribution in [1.82, 2.24) is 15.2 Å². The third-order valence-electron chi connectivity index (χ3n) is 5.68. The number of amides is 1. The number of halogens is 1. The summed E-state index contributed by atoms with van der Waals surface area (Å²) in [5.41, 5.74) is 2.64. The Kier molecular flexibility index (Phi) is 5.55. The quantitative estimate of drug-likeness (QED) is 0.839. The molecule has 1 aliphatic carbocycles. The van der Waals surface area contributed by atoms with Crippen LogP contribution in [0.5, 0.6) is 0 Å². The molecule has 2 aromatic rings. The minimum absolute atomic E-state index is 0. The lowest BCUT2D eigenvalue weighted by Gasteiger charge is -2.30. The Morgan fingerprint density at radius 2 is 2.15 bits per heavy atom. The first-order valence-corrected chi connectivity index (χ1v) is 9.75. The minimum Gasteiger partial charge on any atom is -0.331 e. The number of carbonyl (C=O) groups excluding carboxylic acids is 1. The van der Waals surface area contributed by atoms with Crippen molar-refractivity contribution in [2.45, 2.75) is 38.8 Å². The Morgan fingerprint density at radius 3 is 2.81 bits per heavy atom. The molecule has 0 radical (unpaired) electrons. The number of nitrogens with one attached hydrogen (secondary N) is 2. The third kappa shape index (κ3) is 3.59. The number of carbonyl (C=O) groups is 1. The minimum atomic E-state index is -0.167. The van der Waals surface area contributed by atoms with Gasteiger partial charge in [-0.1, -0.05) is 0 Å². The summed E-state index contributed by atoms with van der Waals surface area (Å²) in [5.74, 6) is 0.0281. The van der Waals surface area contributed by atoms with Crippen LogP contribution in [0.15, 0.2) is 33.9 Å². The molecular weight excluding hydrogens is 370 g/mol. The lowest BCUT2D eigenvalue weighted by molar-refractivity contribution is 0.0691. The number of aryl methyl sites for hydroxylation is 1. The van der Waals surface area contributed by atoms with Crippen LogP contribution in [-0.2, 0) is 6.54 Å². The summed E-state index contributed by atoms with van der Waals surface area (Å²) in [6.45, 7) is 4.54. The Balaban J connectivity index is 0.00000196. The zero-order valence-corrected chi connectivity index (χ0v) is 16.4. The maximum Gasteiger partial charge on any atom is 0.256 e. The number of hydrogen-bond acceptors (Lipinski definition) is 4.